The van der Waals surface area contributed by atoms with Crippen molar-refractivity contribution in [2.45, 2.75) is 5.92 Å². The van der Waals surface area contributed by atoms with E-state index in [2.05, 4.69) is 15.0 Å². The Morgan fingerprint density at radius 2 is 2.27 bits per heavy atom. The molecule has 0 aliphatic rings. The number of carbonyl (C=O) groups excluding carboxylic acids is 1. The first-order valence-corrected chi connectivity index (χ1v) is 8.03. The van der Waals surface area contributed by atoms with Gasteiger partial charge in [-0.2, -0.15) is 0 Å². The lowest BCUT2D eigenvalue weighted by molar-refractivity contribution is 0.103. The topological polar surface area (TPSA) is 108 Å². The molecule has 0 saturated carbocycles. The second kappa shape index (κ2) is 7.05. The van der Waals surface area contributed by atoms with Crippen LogP contribution in [0.2, 0.25) is 5.02 Å². The fourth-order valence-corrected chi connectivity index (χ4v) is 2.93. The summed E-state index contributed by atoms with van der Waals surface area (Å²) in [6.07, 6.45) is 5.87. The number of pyridine rings is 1. The van der Waals surface area contributed by atoms with Gasteiger partial charge in [-0.15, -0.1) is 0 Å². The fraction of sp³-hybridized carbons (Fsp3) is 0.111. The van der Waals surface area contributed by atoms with Gasteiger partial charge >= 0.3 is 0 Å². The van der Waals surface area contributed by atoms with Gasteiger partial charge in [-0.25, -0.2) is 9.37 Å². The summed E-state index contributed by atoms with van der Waals surface area (Å²) >= 11 is 6.05. The van der Waals surface area contributed by atoms with Gasteiger partial charge in [-0.1, -0.05) is 11.6 Å². The SMILES string of the molecule is CN=CC(C=N)c1cnc2[nH]cc(C(=O)c3c(F)ccc(N)c3Cl)c2c1. The number of nitrogens with zero attached hydrogens (tertiary/aromatic N) is 2. The maximum Gasteiger partial charge on any atom is 0.199 e. The molecule has 6 nitrogen and oxygen atoms in total. The Kier molecular flexibility index (Phi) is 4.81. The van der Waals surface area contributed by atoms with Crippen LogP contribution in [-0.2, 0) is 0 Å². The lowest BCUT2D eigenvalue weighted by Crippen LogP contribution is -2.07. The molecule has 0 fully saturated rings. The van der Waals surface area contributed by atoms with Crippen LogP contribution >= 0.6 is 11.6 Å². The second-order valence-electron chi connectivity index (χ2n) is 5.62. The van der Waals surface area contributed by atoms with E-state index < -0.39 is 11.6 Å². The summed E-state index contributed by atoms with van der Waals surface area (Å²) < 4.78 is 14.2. The maximum atomic E-state index is 14.2. The number of nitrogen functional groups attached to an aromatic ring is 1. The van der Waals surface area contributed by atoms with Crippen LogP contribution < -0.4 is 5.73 Å². The highest BCUT2D eigenvalue weighted by atomic mass is 35.5. The Bertz CT molecular complexity index is 1040. The van der Waals surface area contributed by atoms with Crippen LogP contribution in [0.25, 0.3) is 11.0 Å². The van der Waals surface area contributed by atoms with Crippen molar-refractivity contribution < 1.29 is 9.18 Å². The number of aliphatic imine (C=N–C) groups is 1. The van der Waals surface area contributed by atoms with Crippen LogP contribution in [0.1, 0.15) is 27.4 Å². The van der Waals surface area contributed by atoms with Gasteiger partial charge in [0.05, 0.1) is 22.2 Å². The largest absolute Gasteiger partial charge is 0.398 e. The normalized spacial score (nSPS) is 12.6. The Morgan fingerprint density at radius 1 is 1.50 bits per heavy atom. The zero-order valence-corrected chi connectivity index (χ0v) is 14.5. The van der Waals surface area contributed by atoms with E-state index in [0.29, 0.717) is 16.6 Å². The first-order valence-electron chi connectivity index (χ1n) is 7.66. The Hall–Kier alpha value is -3.06. The molecule has 3 aromatic rings. The number of anilines is 1. The minimum Gasteiger partial charge on any atom is -0.398 e. The van der Waals surface area contributed by atoms with Crippen LogP contribution in [0.3, 0.4) is 0 Å². The number of halogens is 2. The molecule has 3 rings (SSSR count). The number of hydrogen-bond acceptors (Lipinski definition) is 5. The summed E-state index contributed by atoms with van der Waals surface area (Å²) in [6, 6.07) is 4.14. The number of nitrogens with two attached hydrogens (primary N) is 1. The van der Waals surface area contributed by atoms with E-state index in [9.17, 15) is 9.18 Å². The van der Waals surface area contributed by atoms with Gasteiger partial charge in [-0.05, 0) is 23.8 Å². The Morgan fingerprint density at radius 3 is 2.96 bits per heavy atom. The van der Waals surface area contributed by atoms with Gasteiger partial charge in [0.2, 0.25) is 0 Å². The van der Waals surface area contributed by atoms with E-state index in [4.69, 9.17) is 22.7 Å². The Balaban J connectivity index is 2.16. The van der Waals surface area contributed by atoms with Crippen LogP contribution in [0.5, 0.6) is 0 Å². The number of ketones is 1. The van der Waals surface area contributed by atoms with E-state index in [1.807, 2.05) is 0 Å². The smallest absolute Gasteiger partial charge is 0.199 e. The van der Waals surface area contributed by atoms with Crippen molar-refractivity contribution in [2.24, 2.45) is 4.99 Å². The van der Waals surface area contributed by atoms with Crippen LogP contribution in [0, 0.1) is 11.2 Å². The molecule has 4 N–H and O–H groups in total. The molecule has 26 heavy (non-hydrogen) atoms. The van der Waals surface area contributed by atoms with Gasteiger partial charge in [0, 0.05) is 42.8 Å². The predicted octanol–water partition coefficient (Wildman–Crippen LogP) is 3.60. The average molecular weight is 372 g/mol. The molecule has 1 unspecified atom stereocenters. The van der Waals surface area contributed by atoms with E-state index >= 15 is 0 Å². The minimum absolute atomic E-state index is 0.121. The molecular weight excluding hydrogens is 357 g/mol. The van der Waals surface area contributed by atoms with Gasteiger partial charge in [0.1, 0.15) is 11.5 Å². The summed E-state index contributed by atoms with van der Waals surface area (Å²) in [5, 5.41) is 7.90. The molecule has 0 bridgehead atoms. The quantitative estimate of drug-likeness (QED) is 0.362. The lowest BCUT2D eigenvalue weighted by atomic mass is 9.98. The number of aromatic nitrogens is 2. The number of aromatic amines is 1. The number of rotatable bonds is 5. The third-order valence-corrected chi connectivity index (χ3v) is 4.43. The van der Waals surface area contributed by atoms with Crippen LogP contribution in [0.4, 0.5) is 10.1 Å². The van der Waals surface area contributed by atoms with Crippen molar-refractivity contribution in [3.05, 3.63) is 58.1 Å². The zero-order valence-electron chi connectivity index (χ0n) is 13.8. The molecule has 0 spiro atoms. The third-order valence-electron chi connectivity index (χ3n) is 4.02. The van der Waals surface area contributed by atoms with Crippen LogP contribution in [0.15, 0.2) is 35.6 Å². The maximum absolute atomic E-state index is 14.2. The van der Waals surface area contributed by atoms with Crippen molar-refractivity contribution in [3.8, 4) is 0 Å². The van der Waals surface area contributed by atoms with Crippen molar-refractivity contribution in [3.63, 3.8) is 0 Å². The van der Waals surface area contributed by atoms with E-state index in [0.717, 1.165) is 6.07 Å². The molecule has 2 heterocycles. The van der Waals surface area contributed by atoms with Gasteiger partial charge < -0.3 is 16.1 Å². The highest BCUT2D eigenvalue weighted by Crippen LogP contribution is 2.30. The number of benzene rings is 1. The van der Waals surface area contributed by atoms with E-state index in [1.165, 1.54) is 18.5 Å². The monoisotopic (exact) mass is 371 g/mol. The summed E-state index contributed by atoms with van der Waals surface area (Å²) in [7, 11) is 1.61. The zero-order chi connectivity index (χ0) is 18.8. The van der Waals surface area contributed by atoms with Crippen LogP contribution in [-0.4, -0.2) is 35.2 Å². The number of nitrogens with one attached hydrogen (secondary N) is 2. The summed E-state index contributed by atoms with van der Waals surface area (Å²) in [6.45, 7) is 0. The average Bonchev–Trinajstić information content (AvgIpc) is 3.06. The molecule has 1 aromatic carbocycles. The number of H-pyrrole nitrogens is 1. The van der Waals surface area contributed by atoms with Crippen molar-refractivity contribution in [1.82, 2.24) is 9.97 Å². The first kappa shape index (κ1) is 17.8. The second-order valence-corrected chi connectivity index (χ2v) is 6.00. The number of hydrogen-bond donors (Lipinski definition) is 3. The first-order chi connectivity index (χ1) is 12.5. The number of carbonyl (C=O) groups is 1. The van der Waals surface area contributed by atoms with Gasteiger partial charge in [0.25, 0.3) is 0 Å². The minimum atomic E-state index is -0.747. The highest BCUT2D eigenvalue weighted by Gasteiger charge is 2.23. The lowest BCUT2D eigenvalue weighted by Gasteiger charge is -2.08. The standard InChI is InChI=1S/C18H15ClFN5O/c1-23-6-10(5-21)9-4-11-12(8-25-18(11)24-7-9)17(26)15-13(20)2-3-14(22)16(15)19/h2-8,10,21H,22H2,1H3,(H,24,25). The molecule has 0 amide bonds. The Labute approximate surface area is 153 Å². The molecule has 0 saturated heterocycles. The van der Waals surface area contributed by atoms with E-state index in [1.54, 1.807) is 25.5 Å². The molecule has 132 valence electrons. The third kappa shape index (κ3) is 2.97. The molecule has 8 heteroatoms. The molecule has 0 radical (unpaired) electrons. The molecular formula is C18H15ClFN5O. The van der Waals surface area contributed by atoms with E-state index in [-0.39, 0.29) is 27.8 Å². The molecule has 1 atom stereocenters. The predicted molar refractivity (Wildman–Crippen MR) is 101 cm³/mol. The summed E-state index contributed by atoms with van der Waals surface area (Å²) in [5.41, 5.74) is 6.91. The molecule has 0 aliphatic heterocycles. The van der Waals surface area contributed by atoms with Gasteiger partial charge in [-0.3, -0.25) is 9.79 Å². The van der Waals surface area contributed by atoms with Crippen molar-refractivity contribution in [1.29, 1.82) is 5.41 Å². The highest BCUT2D eigenvalue weighted by molar-refractivity contribution is 6.37. The van der Waals surface area contributed by atoms with Crippen molar-refractivity contribution in [2.75, 3.05) is 12.8 Å². The summed E-state index contributed by atoms with van der Waals surface area (Å²) in [4.78, 5) is 24.0. The molecule has 0 aliphatic carbocycles. The summed E-state index contributed by atoms with van der Waals surface area (Å²) in [5.74, 6) is -1.72. The number of fused-ring (bicyclic) bond motifs is 1. The fourth-order valence-electron chi connectivity index (χ4n) is 2.69. The van der Waals surface area contributed by atoms with Crippen molar-refractivity contribution >= 4 is 46.5 Å². The van der Waals surface area contributed by atoms with Gasteiger partial charge in [0.15, 0.2) is 5.78 Å². The molecule has 2 aromatic heterocycles.